The second-order valence-electron chi connectivity index (χ2n) is 5.04. The summed E-state index contributed by atoms with van der Waals surface area (Å²) in [4.78, 5) is 0. The molecule has 2 aromatic rings. The van der Waals surface area contributed by atoms with E-state index in [2.05, 4.69) is 16.4 Å². The first-order valence-corrected chi connectivity index (χ1v) is 7.99. The maximum atomic E-state index is 5.59. The number of methoxy groups -OCH3 is 1. The van der Waals surface area contributed by atoms with Crippen molar-refractivity contribution in [1.29, 1.82) is 0 Å². The first-order valence-electron chi connectivity index (χ1n) is 7.99. The lowest BCUT2D eigenvalue weighted by molar-refractivity contribution is 0.299. The van der Waals surface area contributed by atoms with Crippen LogP contribution in [0.4, 0.5) is 0 Å². The van der Waals surface area contributed by atoms with Gasteiger partial charge in [-0.2, -0.15) is 5.10 Å². The summed E-state index contributed by atoms with van der Waals surface area (Å²) in [6.07, 6.45) is 6.95. The second-order valence-corrected chi connectivity index (χ2v) is 5.04. The van der Waals surface area contributed by atoms with E-state index in [0.29, 0.717) is 24.7 Å². The number of hydrogen-bond acceptors (Lipinski definition) is 5. The van der Waals surface area contributed by atoms with E-state index in [9.17, 15) is 0 Å². The molecule has 0 radical (unpaired) electrons. The summed E-state index contributed by atoms with van der Waals surface area (Å²) in [5.74, 6) is 4.54. The number of rotatable bonds is 9. The molecule has 130 valence electrons. The Morgan fingerprint density at radius 2 is 1.96 bits per heavy atom. The molecule has 0 saturated heterocycles. The molecule has 0 saturated carbocycles. The lowest BCUT2D eigenvalue weighted by Crippen LogP contribution is -2.07. The van der Waals surface area contributed by atoms with Crippen molar-refractivity contribution in [3.05, 3.63) is 53.6 Å². The Hall–Kier alpha value is -3.13. The second kappa shape index (κ2) is 9.89. The van der Waals surface area contributed by atoms with Gasteiger partial charge in [-0.3, -0.25) is 0 Å². The topological polar surface area (TPSA) is 52.1 Å². The van der Waals surface area contributed by atoms with Crippen LogP contribution in [-0.4, -0.2) is 26.5 Å². The smallest absolute Gasteiger partial charge is 0.162 e. The molecule has 0 amide bonds. The summed E-state index contributed by atoms with van der Waals surface area (Å²) in [6, 6.07) is 13.4. The molecule has 0 aliphatic rings. The fraction of sp³-hybridized carbons (Fsp3) is 0.250. The van der Waals surface area contributed by atoms with Crippen molar-refractivity contribution in [3.63, 3.8) is 0 Å². The molecule has 0 bridgehead atoms. The van der Waals surface area contributed by atoms with Crippen molar-refractivity contribution < 1.29 is 14.2 Å². The van der Waals surface area contributed by atoms with Crippen molar-refractivity contribution in [2.24, 2.45) is 5.10 Å². The molecule has 0 unspecified atom stereocenters. The highest BCUT2D eigenvalue weighted by Crippen LogP contribution is 2.28. The summed E-state index contributed by atoms with van der Waals surface area (Å²) in [5, 5.41) is 4.25. The number of benzene rings is 2. The van der Waals surface area contributed by atoms with Crippen LogP contribution >= 0.6 is 0 Å². The van der Waals surface area contributed by atoms with Crippen LogP contribution in [0.1, 0.15) is 18.1 Å². The van der Waals surface area contributed by atoms with Gasteiger partial charge >= 0.3 is 0 Å². The summed E-state index contributed by atoms with van der Waals surface area (Å²) >= 11 is 0. The van der Waals surface area contributed by atoms with Gasteiger partial charge in [0.2, 0.25) is 0 Å². The highest BCUT2D eigenvalue weighted by molar-refractivity contribution is 5.80. The van der Waals surface area contributed by atoms with Crippen molar-refractivity contribution in [3.8, 4) is 29.6 Å². The van der Waals surface area contributed by atoms with Crippen LogP contribution < -0.4 is 19.6 Å². The molecule has 0 aliphatic carbocycles. The minimum Gasteiger partial charge on any atom is -0.496 e. The van der Waals surface area contributed by atoms with Gasteiger partial charge in [0, 0.05) is 5.56 Å². The molecule has 2 aromatic carbocycles. The zero-order chi connectivity index (χ0) is 17.9. The van der Waals surface area contributed by atoms with Gasteiger partial charge in [0.05, 0.1) is 26.5 Å². The minimum absolute atomic E-state index is 0.202. The predicted octanol–water partition coefficient (Wildman–Crippen LogP) is 3.23. The first-order chi connectivity index (χ1) is 12.3. The number of ether oxygens (including phenoxy) is 3. The minimum atomic E-state index is 0.202. The number of hydrogen-bond donors (Lipinski definition) is 1. The van der Waals surface area contributed by atoms with E-state index >= 15 is 0 Å². The molecule has 0 heterocycles. The van der Waals surface area contributed by atoms with Crippen LogP contribution in [0.5, 0.6) is 17.2 Å². The molecule has 5 heteroatoms. The third-order valence-electron chi connectivity index (χ3n) is 3.35. The molecule has 5 nitrogen and oxygen atoms in total. The van der Waals surface area contributed by atoms with E-state index in [0.717, 1.165) is 16.9 Å². The van der Waals surface area contributed by atoms with E-state index in [4.69, 9.17) is 20.6 Å². The van der Waals surface area contributed by atoms with E-state index in [-0.39, 0.29) is 6.61 Å². The van der Waals surface area contributed by atoms with Crippen molar-refractivity contribution >= 4 is 6.21 Å². The van der Waals surface area contributed by atoms with Crippen LogP contribution in [0, 0.1) is 12.3 Å². The van der Waals surface area contributed by atoms with Crippen LogP contribution in [0.3, 0.4) is 0 Å². The Morgan fingerprint density at radius 1 is 1.12 bits per heavy atom. The molecule has 0 fully saturated rings. The monoisotopic (exact) mass is 338 g/mol. The Bertz CT molecular complexity index is 751. The van der Waals surface area contributed by atoms with Gasteiger partial charge in [0.15, 0.2) is 11.5 Å². The third-order valence-corrected chi connectivity index (χ3v) is 3.35. The van der Waals surface area contributed by atoms with Gasteiger partial charge in [0.25, 0.3) is 0 Å². The van der Waals surface area contributed by atoms with Gasteiger partial charge in [-0.15, -0.1) is 6.42 Å². The number of nitrogens with zero attached hydrogens (tertiary/aromatic N) is 1. The average Bonchev–Trinajstić information content (AvgIpc) is 2.65. The number of nitrogens with one attached hydrogen (secondary N) is 1. The molecule has 0 aromatic heterocycles. The number of terminal acetylenes is 1. The Morgan fingerprint density at radius 3 is 2.72 bits per heavy atom. The zero-order valence-corrected chi connectivity index (χ0v) is 14.5. The SMILES string of the molecule is C#CCOc1ccc(/C=N\NCc2ccccc2OC)cc1OCC. The number of hydrazone groups is 1. The van der Waals surface area contributed by atoms with Crippen LogP contribution in [0.25, 0.3) is 0 Å². The predicted molar refractivity (Wildman–Crippen MR) is 99.4 cm³/mol. The van der Waals surface area contributed by atoms with Gasteiger partial charge in [0.1, 0.15) is 12.4 Å². The van der Waals surface area contributed by atoms with Crippen molar-refractivity contribution in [2.75, 3.05) is 20.3 Å². The van der Waals surface area contributed by atoms with Crippen molar-refractivity contribution in [1.82, 2.24) is 5.43 Å². The first kappa shape index (κ1) is 18.2. The molecule has 1 N–H and O–H groups in total. The van der Waals surface area contributed by atoms with Crippen LogP contribution in [-0.2, 0) is 6.54 Å². The van der Waals surface area contributed by atoms with E-state index < -0.39 is 0 Å². The van der Waals surface area contributed by atoms with Crippen molar-refractivity contribution in [2.45, 2.75) is 13.5 Å². The van der Waals surface area contributed by atoms with Gasteiger partial charge in [-0.25, -0.2) is 0 Å². The maximum Gasteiger partial charge on any atom is 0.162 e. The van der Waals surface area contributed by atoms with Gasteiger partial charge in [-0.05, 0) is 36.8 Å². The fourth-order valence-corrected chi connectivity index (χ4v) is 2.21. The van der Waals surface area contributed by atoms with Crippen LogP contribution in [0.15, 0.2) is 47.6 Å². The maximum absolute atomic E-state index is 5.59. The average molecular weight is 338 g/mol. The highest BCUT2D eigenvalue weighted by Gasteiger charge is 2.05. The molecular weight excluding hydrogens is 316 g/mol. The zero-order valence-electron chi connectivity index (χ0n) is 14.5. The molecule has 2 rings (SSSR count). The van der Waals surface area contributed by atoms with Gasteiger partial charge in [-0.1, -0.05) is 24.1 Å². The molecular formula is C20H22N2O3. The highest BCUT2D eigenvalue weighted by atomic mass is 16.5. The van der Waals surface area contributed by atoms with E-state index in [1.165, 1.54) is 0 Å². The molecule has 0 atom stereocenters. The van der Waals surface area contributed by atoms with Crippen LogP contribution in [0.2, 0.25) is 0 Å². The third kappa shape index (κ3) is 5.47. The summed E-state index contributed by atoms with van der Waals surface area (Å²) in [6.45, 7) is 3.23. The fourth-order valence-electron chi connectivity index (χ4n) is 2.21. The summed E-state index contributed by atoms with van der Waals surface area (Å²) in [5.41, 5.74) is 4.95. The Kier molecular flexibility index (Phi) is 7.20. The Labute approximate surface area is 148 Å². The summed E-state index contributed by atoms with van der Waals surface area (Å²) in [7, 11) is 1.65. The Balaban J connectivity index is 2.00. The number of para-hydroxylation sites is 1. The van der Waals surface area contributed by atoms with Gasteiger partial charge < -0.3 is 19.6 Å². The quantitative estimate of drug-likeness (QED) is 0.433. The molecule has 25 heavy (non-hydrogen) atoms. The molecule has 0 spiro atoms. The molecule has 0 aliphatic heterocycles. The standard InChI is InChI=1S/C20H22N2O3/c1-4-12-25-19-11-10-16(13-20(19)24-5-2)14-21-22-15-17-8-6-7-9-18(17)23-3/h1,6-11,13-14,22H,5,12,15H2,2-3H3/b21-14-. The van der Waals surface area contributed by atoms with E-state index in [1.54, 1.807) is 13.3 Å². The largest absolute Gasteiger partial charge is 0.496 e. The lowest BCUT2D eigenvalue weighted by atomic mass is 10.2. The lowest BCUT2D eigenvalue weighted by Gasteiger charge is -2.11. The normalized spacial score (nSPS) is 10.3. The van der Waals surface area contributed by atoms with E-state index in [1.807, 2.05) is 49.4 Å². The summed E-state index contributed by atoms with van der Waals surface area (Å²) < 4.78 is 16.4.